The predicted molar refractivity (Wildman–Crippen MR) is 229 cm³/mol. The molecular weight excluding hydrogens is 679 g/mol. The Morgan fingerprint density at radius 3 is 1.87 bits per heavy atom. The molecule has 0 aliphatic heterocycles. The molecule has 12 aromatic rings. The Labute approximate surface area is 313 Å². The van der Waals surface area contributed by atoms with Gasteiger partial charge in [-0.05, 0) is 100 Å². The van der Waals surface area contributed by atoms with Gasteiger partial charge in [0.25, 0.3) is 0 Å². The van der Waals surface area contributed by atoms with E-state index in [1.54, 1.807) is 0 Å². The largest absolute Gasteiger partial charge is 0.456 e. The van der Waals surface area contributed by atoms with Crippen LogP contribution in [0.3, 0.4) is 0 Å². The van der Waals surface area contributed by atoms with Gasteiger partial charge in [-0.3, -0.25) is 0 Å². The van der Waals surface area contributed by atoms with Gasteiger partial charge in [0.1, 0.15) is 22.3 Å². The molecule has 0 fully saturated rings. The number of furan rings is 2. The van der Waals surface area contributed by atoms with Gasteiger partial charge in [-0.25, -0.2) is 0 Å². The molecule has 0 atom stereocenters. The number of rotatable bonds is 4. The zero-order valence-corrected chi connectivity index (χ0v) is 29.7. The monoisotopic (exact) mass is 707 g/mol. The Hall–Kier alpha value is -6.88. The number of thiophene rings is 1. The highest BCUT2D eigenvalue weighted by Gasteiger charge is 2.20. The maximum atomic E-state index is 6.59. The summed E-state index contributed by atoms with van der Waals surface area (Å²) >= 11 is 1.85. The van der Waals surface area contributed by atoms with Crippen molar-refractivity contribution in [3.63, 3.8) is 0 Å². The lowest BCUT2D eigenvalue weighted by Crippen LogP contribution is -2.09. The third kappa shape index (κ3) is 4.35. The van der Waals surface area contributed by atoms with E-state index in [-0.39, 0.29) is 0 Å². The van der Waals surface area contributed by atoms with Gasteiger partial charge in [-0.1, -0.05) is 103 Å². The summed E-state index contributed by atoms with van der Waals surface area (Å²) in [5.74, 6) is 0. The molecule has 0 N–H and O–H groups in total. The topological polar surface area (TPSA) is 29.5 Å². The lowest BCUT2D eigenvalue weighted by atomic mass is 9.94. The summed E-state index contributed by atoms with van der Waals surface area (Å²) < 4.78 is 15.5. The summed E-state index contributed by atoms with van der Waals surface area (Å²) in [6.45, 7) is 0. The molecule has 0 amide bonds. The van der Waals surface area contributed by atoms with Crippen molar-refractivity contribution in [2.45, 2.75) is 0 Å². The number of nitrogens with zero attached hydrogens (tertiary/aromatic N) is 1. The second-order valence-electron chi connectivity index (χ2n) is 14.0. The van der Waals surface area contributed by atoms with Crippen molar-refractivity contribution in [1.29, 1.82) is 0 Å². The highest BCUT2D eigenvalue weighted by atomic mass is 32.1. The fraction of sp³-hybridized carbons (Fsp3) is 0. The highest BCUT2D eigenvalue weighted by Crippen LogP contribution is 2.46. The Balaban J connectivity index is 1.06. The average Bonchev–Trinajstić information content (AvgIpc) is 3.92. The van der Waals surface area contributed by atoms with Crippen LogP contribution in [0, 0.1) is 0 Å². The first kappa shape index (κ1) is 29.7. The van der Waals surface area contributed by atoms with Gasteiger partial charge >= 0.3 is 0 Å². The van der Waals surface area contributed by atoms with Crippen LogP contribution >= 0.6 is 11.3 Å². The number of hydrogen-bond acceptors (Lipinski definition) is 4. The van der Waals surface area contributed by atoms with E-state index in [4.69, 9.17) is 8.83 Å². The van der Waals surface area contributed by atoms with Crippen molar-refractivity contribution in [3.8, 4) is 11.1 Å². The second-order valence-corrected chi connectivity index (χ2v) is 15.1. The van der Waals surface area contributed by atoms with E-state index in [9.17, 15) is 0 Å². The van der Waals surface area contributed by atoms with Gasteiger partial charge < -0.3 is 13.7 Å². The number of benzene rings is 9. The van der Waals surface area contributed by atoms with E-state index in [1.807, 2.05) is 23.5 Å². The molecule has 0 aliphatic rings. The normalized spacial score (nSPS) is 12.1. The van der Waals surface area contributed by atoms with E-state index >= 15 is 0 Å². The van der Waals surface area contributed by atoms with Gasteiger partial charge in [0.15, 0.2) is 0 Å². The van der Waals surface area contributed by atoms with Crippen molar-refractivity contribution in [3.05, 3.63) is 176 Å². The fourth-order valence-electron chi connectivity index (χ4n) is 8.59. The van der Waals surface area contributed by atoms with Crippen LogP contribution < -0.4 is 4.90 Å². The Morgan fingerprint density at radius 1 is 0.352 bits per heavy atom. The molecule has 3 heterocycles. The smallest absolute Gasteiger partial charge is 0.136 e. The van der Waals surface area contributed by atoms with Gasteiger partial charge in [-0.15, -0.1) is 11.3 Å². The number of hydrogen-bond donors (Lipinski definition) is 0. The molecule has 0 bridgehead atoms. The van der Waals surface area contributed by atoms with Crippen LogP contribution in [0.4, 0.5) is 17.1 Å². The molecule has 4 heteroatoms. The van der Waals surface area contributed by atoms with Gasteiger partial charge in [0.05, 0.1) is 0 Å². The van der Waals surface area contributed by atoms with Crippen LogP contribution in [-0.2, 0) is 0 Å². The molecule has 3 nitrogen and oxygen atoms in total. The summed E-state index contributed by atoms with van der Waals surface area (Å²) in [5.41, 5.74) is 9.12. The molecule has 0 aliphatic carbocycles. The maximum absolute atomic E-state index is 6.59. The standard InChI is InChI=1S/C50H29NO2S/c1-2-9-33-28-35(23-16-30(33)8-1)51(36-24-27-46-40(29-36)38-10-4-6-15-45(38)54-46)34-21-17-31(18-22-34)37-12-7-14-42-48(37)50-44(53-42)26-20-32-19-25-43-49(47(32)50)39-11-3-5-13-41(39)52-43/h1-29H. The highest BCUT2D eigenvalue weighted by molar-refractivity contribution is 7.25. The minimum Gasteiger partial charge on any atom is -0.456 e. The lowest BCUT2D eigenvalue weighted by molar-refractivity contribution is 0.669. The number of para-hydroxylation sites is 1. The Morgan fingerprint density at radius 2 is 0.981 bits per heavy atom. The minimum atomic E-state index is 0.873. The van der Waals surface area contributed by atoms with Crippen LogP contribution in [-0.4, -0.2) is 0 Å². The molecule has 0 radical (unpaired) electrons. The quantitative estimate of drug-likeness (QED) is 0.182. The van der Waals surface area contributed by atoms with Gasteiger partial charge in [0.2, 0.25) is 0 Å². The summed E-state index contributed by atoms with van der Waals surface area (Å²) in [6.07, 6.45) is 0. The van der Waals surface area contributed by atoms with Crippen LogP contribution in [0.25, 0.3) is 96.7 Å². The SMILES string of the molecule is c1ccc2cc(N(c3ccc(-c4cccc5oc6ccc7ccc8oc9ccccc9c8c7c6c45)cc3)c3ccc4sc5ccccc5c4c3)ccc2c1. The molecule has 3 aromatic heterocycles. The summed E-state index contributed by atoms with van der Waals surface area (Å²) in [6, 6.07) is 63.1. The molecule has 0 unspecified atom stereocenters. The molecule has 12 rings (SSSR count). The number of fused-ring (bicyclic) bond motifs is 13. The third-order valence-corrected chi connectivity index (χ3v) is 12.2. The van der Waals surface area contributed by atoms with Gasteiger partial charge in [-0.2, -0.15) is 0 Å². The van der Waals surface area contributed by atoms with Crippen LogP contribution in [0.15, 0.2) is 185 Å². The zero-order chi connectivity index (χ0) is 35.3. The second kappa shape index (κ2) is 11.3. The Bertz CT molecular complexity index is 3450. The van der Waals surface area contributed by atoms with Crippen LogP contribution in [0.2, 0.25) is 0 Å². The van der Waals surface area contributed by atoms with Gasteiger partial charge in [0, 0.05) is 64.2 Å². The molecular formula is C50H29NO2S. The fourth-order valence-corrected chi connectivity index (χ4v) is 9.67. The first-order chi connectivity index (χ1) is 26.7. The first-order valence-corrected chi connectivity index (χ1v) is 19.1. The van der Waals surface area contributed by atoms with Crippen molar-refractivity contribution in [2.75, 3.05) is 4.90 Å². The van der Waals surface area contributed by atoms with Crippen molar-refractivity contribution >= 4 is 114 Å². The first-order valence-electron chi connectivity index (χ1n) is 18.2. The molecule has 0 saturated carbocycles. The molecule has 0 spiro atoms. The van der Waals surface area contributed by atoms with E-state index in [2.05, 4.69) is 169 Å². The summed E-state index contributed by atoms with van der Waals surface area (Å²) in [4.78, 5) is 2.38. The number of anilines is 3. The molecule has 0 saturated heterocycles. The maximum Gasteiger partial charge on any atom is 0.136 e. The van der Waals surface area contributed by atoms with Crippen LogP contribution in [0.1, 0.15) is 0 Å². The lowest BCUT2D eigenvalue weighted by Gasteiger charge is -2.26. The van der Waals surface area contributed by atoms with E-state index in [0.29, 0.717) is 0 Å². The molecule has 252 valence electrons. The Kier molecular flexibility index (Phi) is 6.21. The van der Waals surface area contributed by atoms with E-state index in [1.165, 1.54) is 30.9 Å². The summed E-state index contributed by atoms with van der Waals surface area (Å²) in [5, 5.41) is 11.8. The third-order valence-electron chi connectivity index (χ3n) is 11.0. The van der Waals surface area contributed by atoms with E-state index in [0.717, 1.165) is 82.8 Å². The molecule has 54 heavy (non-hydrogen) atoms. The van der Waals surface area contributed by atoms with E-state index < -0.39 is 0 Å². The zero-order valence-electron chi connectivity index (χ0n) is 28.9. The summed E-state index contributed by atoms with van der Waals surface area (Å²) in [7, 11) is 0. The minimum absolute atomic E-state index is 0.873. The van der Waals surface area contributed by atoms with Crippen molar-refractivity contribution in [1.82, 2.24) is 0 Å². The molecule has 9 aromatic carbocycles. The van der Waals surface area contributed by atoms with Crippen LogP contribution in [0.5, 0.6) is 0 Å². The average molecular weight is 708 g/mol. The van der Waals surface area contributed by atoms with Crippen molar-refractivity contribution in [2.24, 2.45) is 0 Å². The van der Waals surface area contributed by atoms with Crippen molar-refractivity contribution < 1.29 is 8.83 Å². The predicted octanol–water partition coefficient (Wildman–Crippen LogP) is 15.3.